The van der Waals surface area contributed by atoms with Gasteiger partial charge in [0.1, 0.15) is 0 Å². The predicted molar refractivity (Wildman–Crippen MR) is 117 cm³/mol. The maximum absolute atomic E-state index is 8.88. The van der Waals surface area contributed by atoms with E-state index < -0.39 is 0 Å². The van der Waals surface area contributed by atoms with Crippen molar-refractivity contribution in [3.63, 3.8) is 0 Å². The van der Waals surface area contributed by atoms with Crippen molar-refractivity contribution in [1.82, 2.24) is 20.2 Å². The molecule has 1 aromatic carbocycles. The minimum atomic E-state index is 0. The quantitative estimate of drug-likeness (QED) is 0.414. The highest BCUT2D eigenvalue weighted by molar-refractivity contribution is 14.0. The number of rotatable bonds is 4. The van der Waals surface area contributed by atoms with Crippen molar-refractivity contribution in [3.8, 4) is 6.07 Å². The molecule has 0 spiro atoms. The van der Waals surface area contributed by atoms with Crippen LogP contribution in [0.15, 0.2) is 47.7 Å². The number of aromatic nitrogens is 2. The largest absolute Gasteiger partial charge is 0.357 e. The third-order valence-corrected chi connectivity index (χ3v) is 4.24. The molecular weight excluding hydrogens is 453 g/mol. The Morgan fingerprint density at radius 2 is 1.81 bits per heavy atom. The van der Waals surface area contributed by atoms with Gasteiger partial charge in [-0.15, -0.1) is 24.0 Å². The molecule has 1 N–H and O–H groups in total. The van der Waals surface area contributed by atoms with E-state index in [1.807, 2.05) is 30.3 Å². The van der Waals surface area contributed by atoms with Gasteiger partial charge >= 0.3 is 0 Å². The van der Waals surface area contributed by atoms with Crippen LogP contribution in [0.4, 0.5) is 5.95 Å². The van der Waals surface area contributed by atoms with E-state index in [2.05, 4.69) is 38.1 Å². The summed E-state index contributed by atoms with van der Waals surface area (Å²) < 4.78 is 0. The minimum Gasteiger partial charge on any atom is -0.357 e. The van der Waals surface area contributed by atoms with Gasteiger partial charge in [0.2, 0.25) is 5.95 Å². The monoisotopic (exact) mass is 477 g/mol. The third kappa shape index (κ3) is 5.79. The number of nitriles is 1. The molecule has 1 aromatic heterocycles. The number of halogens is 1. The van der Waals surface area contributed by atoms with Gasteiger partial charge in [0.05, 0.1) is 18.2 Å². The van der Waals surface area contributed by atoms with E-state index >= 15 is 0 Å². The summed E-state index contributed by atoms with van der Waals surface area (Å²) in [5, 5.41) is 12.3. The molecule has 0 unspecified atom stereocenters. The summed E-state index contributed by atoms with van der Waals surface area (Å²) in [5.74, 6) is 1.71. The van der Waals surface area contributed by atoms with Crippen LogP contribution < -0.4 is 10.2 Å². The van der Waals surface area contributed by atoms with E-state index in [1.165, 1.54) is 0 Å². The fourth-order valence-electron chi connectivity index (χ4n) is 2.85. The Balaban J connectivity index is 0.00000261. The second kappa shape index (κ2) is 10.7. The first-order valence-electron chi connectivity index (χ1n) is 8.84. The molecular formula is C19H24IN7. The number of piperazine rings is 1. The zero-order chi connectivity index (χ0) is 18.2. The highest BCUT2D eigenvalue weighted by atomic mass is 127. The predicted octanol–water partition coefficient (Wildman–Crippen LogP) is 2.25. The summed E-state index contributed by atoms with van der Waals surface area (Å²) >= 11 is 0. The molecule has 1 aliphatic heterocycles. The van der Waals surface area contributed by atoms with Crippen molar-refractivity contribution in [2.45, 2.75) is 13.5 Å². The van der Waals surface area contributed by atoms with E-state index in [-0.39, 0.29) is 24.0 Å². The van der Waals surface area contributed by atoms with Gasteiger partial charge < -0.3 is 15.1 Å². The van der Waals surface area contributed by atoms with E-state index in [9.17, 15) is 0 Å². The summed E-state index contributed by atoms with van der Waals surface area (Å²) in [6.45, 7) is 6.97. The maximum atomic E-state index is 8.88. The first-order chi connectivity index (χ1) is 12.8. The molecule has 2 aromatic rings. The molecule has 1 saturated heterocycles. The van der Waals surface area contributed by atoms with E-state index in [0.717, 1.165) is 50.2 Å². The molecule has 0 radical (unpaired) electrons. The normalized spacial score (nSPS) is 14.3. The van der Waals surface area contributed by atoms with Crippen LogP contribution in [-0.4, -0.2) is 53.6 Å². The fraction of sp³-hybridized carbons (Fsp3) is 0.368. The first-order valence-corrected chi connectivity index (χ1v) is 8.84. The Hall–Kier alpha value is -2.41. The fourth-order valence-corrected chi connectivity index (χ4v) is 2.85. The molecule has 0 bridgehead atoms. The lowest BCUT2D eigenvalue weighted by molar-refractivity contribution is 0.370. The van der Waals surface area contributed by atoms with Gasteiger partial charge in [0.25, 0.3) is 0 Å². The molecule has 7 nitrogen and oxygen atoms in total. The van der Waals surface area contributed by atoms with Crippen molar-refractivity contribution in [1.29, 1.82) is 5.26 Å². The summed E-state index contributed by atoms with van der Waals surface area (Å²) in [4.78, 5) is 17.9. The molecule has 0 atom stereocenters. The minimum absolute atomic E-state index is 0. The van der Waals surface area contributed by atoms with Gasteiger partial charge in [0, 0.05) is 45.1 Å². The third-order valence-electron chi connectivity index (χ3n) is 4.24. The second-order valence-electron chi connectivity index (χ2n) is 6.00. The average molecular weight is 477 g/mol. The van der Waals surface area contributed by atoms with Crippen molar-refractivity contribution < 1.29 is 0 Å². The number of nitrogens with zero attached hydrogens (tertiary/aromatic N) is 6. The maximum Gasteiger partial charge on any atom is 0.225 e. The molecule has 1 aliphatic rings. The van der Waals surface area contributed by atoms with Gasteiger partial charge in [-0.25, -0.2) is 15.0 Å². The number of benzene rings is 1. The number of aliphatic imine (C=N–C) groups is 1. The van der Waals surface area contributed by atoms with Crippen LogP contribution >= 0.6 is 24.0 Å². The summed E-state index contributed by atoms with van der Waals surface area (Å²) in [6, 6.07) is 11.5. The topological polar surface area (TPSA) is 80.4 Å². The SMILES string of the molecule is CCNC(=NCc1ccc(C#N)cc1)N1CCN(c2ncccn2)CC1.I. The Kier molecular flexibility index (Phi) is 8.26. The van der Waals surface area contributed by atoms with E-state index in [4.69, 9.17) is 10.3 Å². The summed E-state index contributed by atoms with van der Waals surface area (Å²) in [7, 11) is 0. The van der Waals surface area contributed by atoms with Crippen molar-refractivity contribution in [3.05, 3.63) is 53.9 Å². The van der Waals surface area contributed by atoms with Gasteiger partial charge in [-0.05, 0) is 30.7 Å². The van der Waals surface area contributed by atoms with Gasteiger partial charge in [-0.3, -0.25) is 0 Å². The number of hydrogen-bond acceptors (Lipinski definition) is 5. The lowest BCUT2D eigenvalue weighted by Crippen LogP contribution is -2.52. The number of guanidine groups is 1. The number of anilines is 1. The summed E-state index contributed by atoms with van der Waals surface area (Å²) in [6.07, 6.45) is 3.55. The van der Waals surface area contributed by atoms with Gasteiger partial charge in [0.15, 0.2) is 5.96 Å². The van der Waals surface area contributed by atoms with Crippen LogP contribution in [-0.2, 0) is 6.54 Å². The molecule has 0 aliphatic carbocycles. The molecule has 0 amide bonds. The molecule has 3 rings (SSSR count). The lowest BCUT2D eigenvalue weighted by Gasteiger charge is -2.36. The molecule has 8 heteroatoms. The van der Waals surface area contributed by atoms with Crippen LogP contribution in [0.5, 0.6) is 0 Å². The van der Waals surface area contributed by atoms with Crippen LogP contribution in [0.2, 0.25) is 0 Å². The van der Waals surface area contributed by atoms with Crippen LogP contribution in [0.25, 0.3) is 0 Å². The lowest BCUT2D eigenvalue weighted by atomic mass is 10.1. The Morgan fingerprint density at radius 1 is 1.15 bits per heavy atom. The molecule has 27 heavy (non-hydrogen) atoms. The zero-order valence-electron chi connectivity index (χ0n) is 15.4. The van der Waals surface area contributed by atoms with Crippen molar-refractivity contribution in [2.75, 3.05) is 37.6 Å². The second-order valence-corrected chi connectivity index (χ2v) is 6.00. The smallest absolute Gasteiger partial charge is 0.225 e. The summed E-state index contributed by atoms with van der Waals surface area (Å²) in [5.41, 5.74) is 1.76. The average Bonchev–Trinajstić information content (AvgIpc) is 2.72. The molecule has 2 heterocycles. The number of nitrogens with one attached hydrogen (secondary N) is 1. The van der Waals surface area contributed by atoms with Crippen molar-refractivity contribution in [2.24, 2.45) is 4.99 Å². The Bertz CT molecular complexity index is 763. The van der Waals surface area contributed by atoms with Crippen LogP contribution in [0, 0.1) is 11.3 Å². The molecule has 0 saturated carbocycles. The Morgan fingerprint density at radius 3 is 2.41 bits per heavy atom. The zero-order valence-corrected chi connectivity index (χ0v) is 17.7. The highest BCUT2D eigenvalue weighted by Gasteiger charge is 2.20. The van der Waals surface area contributed by atoms with Gasteiger partial charge in [-0.2, -0.15) is 5.26 Å². The van der Waals surface area contributed by atoms with Crippen molar-refractivity contribution >= 4 is 35.9 Å². The standard InChI is InChI=1S/C19H23N7.HI/c1-2-21-18(24-15-17-6-4-16(14-20)5-7-17)25-10-12-26(13-11-25)19-22-8-3-9-23-19;/h3-9H,2,10-13,15H2,1H3,(H,21,24);1H. The molecule has 142 valence electrons. The Labute approximate surface area is 177 Å². The highest BCUT2D eigenvalue weighted by Crippen LogP contribution is 2.10. The van der Waals surface area contributed by atoms with Crippen LogP contribution in [0.1, 0.15) is 18.1 Å². The van der Waals surface area contributed by atoms with E-state index in [0.29, 0.717) is 12.1 Å². The van der Waals surface area contributed by atoms with E-state index in [1.54, 1.807) is 12.4 Å². The van der Waals surface area contributed by atoms with Crippen LogP contribution in [0.3, 0.4) is 0 Å². The van der Waals surface area contributed by atoms with Gasteiger partial charge in [-0.1, -0.05) is 12.1 Å². The molecule has 1 fully saturated rings. The number of hydrogen-bond donors (Lipinski definition) is 1. The first kappa shape index (κ1) is 20.9.